The van der Waals surface area contributed by atoms with E-state index < -0.39 is 5.60 Å². The molecule has 1 amide bonds. The fraction of sp³-hybridized carbons (Fsp3) is 0.667. The number of hydrogen-bond acceptors (Lipinski definition) is 3. The lowest BCUT2D eigenvalue weighted by molar-refractivity contribution is -0.126. The number of aliphatic hydroxyl groups is 1. The lowest BCUT2D eigenvalue weighted by Crippen LogP contribution is -2.40. The zero-order valence-electron chi connectivity index (χ0n) is 12.1. The fourth-order valence-electron chi connectivity index (χ4n) is 2.18. The van der Waals surface area contributed by atoms with Crippen molar-refractivity contribution in [2.75, 3.05) is 6.54 Å². The zero-order valence-corrected chi connectivity index (χ0v) is 12.9. The van der Waals surface area contributed by atoms with Crippen LogP contribution in [0.25, 0.3) is 0 Å². The van der Waals surface area contributed by atoms with Gasteiger partial charge in [0.25, 0.3) is 0 Å². The molecule has 1 heterocycles. The van der Waals surface area contributed by atoms with Crippen LogP contribution in [0.15, 0.2) is 17.5 Å². The minimum atomic E-state index is -0.979. The SMILES string of the molecule is CCCC(CCC)C(=O)NCC(C)(O)c1cccs1. The molecule has 4 heteroatoms. The van der Waals surface area contributed by atoms with Crippen LogP contribution in [0.2, 0.25) is 0 Å². The third-order valence-electron chi connectivity index (χ3n) is 3.30. The van der Waals surface area contributed by atoms with Crippen LogP contribution in [0.5, 0.6) is 0 Å². The van der Waals surface area contributed by atoms with E-state index in [1.807, 2.05) is 17.5 Å². The summed E-state index contributed by atoms with van der Waals surface area (Å²) >= 11 is 1.51. The van der Waals surface area contributed by atoms with Gasteiger partial charge >= 0.3 is 0 Å². The minimum Gasteiger partial charge on any atom is -0.383 e. The van der Waals surface area contributed by atoms with Gasteiger partial charge in [0.1, 0.15) is 5.60 Å². The molecule has 0 aromatic carbocycles. The summed E-state index contributed by atoms with van der Waals surface area (Å²) in [6, 6.07) is 3.81. The van der Waals surface area contributed by atoms with E-state index >= 15 is 0 Å². The summed E-state index contributed by atoms with van der Waals surface area (Å²) in [7, 11) is 0. The van der Waals surface area contributed by atoms with Crippen molar-refractivity contribution in [3.05, 3.63) is 22.4 Å². The first-order valence-corrected chi connectivity index (χ1v) is 7.93. The molecule has 0 bridgehead atoms. The van der Waals surface area contributed by atoms with Crippen LogP contribution in [0, 0.1) is 5.92 Å². The molecule has 1 atom stereocenters. The number of nitrogens with one attached hydrogen (secondary N) is 1. The van der Waals surface area contributed by atoms with E-state index in [0.29, 0.717) is 0 Å². The monoisotopic (exact) mass is 283 g/mol. The summed E-state index contributed by atoms with van der Waals surface area (Å²) in [5.74, 6) is 0.148. The molecule has 1 aromatic heterocycles. The number of carbonyl (C=O) groups is 1. The van der Waals surface area contributed by atoms with Crippen LogP contribution < -0.4 is 5.32 Å². The van der Waals surface area contributed by atoms with E-state index in [1.54, 1.807) is 6.92 Å². The Morgan fingerprint density at radius 2 is 2.05 bits per heavy atom. The van der Waals surface area contributed by atoms with Crippen LogP contribution in [0.1, 0.15) is 51.3 Å². The summed E-state index contributed by atoms with van der Waals surface area (Å²) in [6.45, 7) is 6.21. The fourth-order valence-corrected chi connectivity index (χ4v) is 2.97. The molecule has 0 fully saturated rings. The Labute approximate surface area is 120 Å². The molecule has 0 aliphatic heterocycles. The number of rotatable bonds is 8. The largest absolute Gasteiger partial charge is 0.383 e. The van der Waals surface area contributed by atoms with E-state index in [9.17, 15) is 9.90 Å². The van der Waals surface area contributed by atoms with Crippen LogP contribution in [0.3, 0.4) is 0 Å². The third-order valence-corrected chi connectivity index (χ3v) is 4.43. The van der Waals surface area contributed by atoms with Gasteiger partial charge in [-0.3, -0.25) is 4.79 Å². The van der Waals surface area contributed by atoms with Crippen molar-refractivity contribution in [2.24, 2.45) is 5.92 Å². The number of thiophene rings is 1. The zero-order chi connectivity index (χ0) is 14.3. The summed E-state index contributed by atoms with van der Waals surface area (Å²) in [4.78, 5) is 13.0. The molecular formula is C15H25NO2S. The third kappa shape index (κ3) is 4.96. The molecule has 2 N–H and O–H groups in total. The smallest absolute Gasteiger partial charge is 0.223 e. The van der Waals surface area contributed by atoms with Gasteiger partial charge < -0.3 is 10.4 Å². The normalized spacial score (nSPS) is 14.4. The van der Waals surface area contributed by atoms with Crippen LogP contribution in [-0.4, -0.2) is 17.6 Å². The lowest BCUT2D eigenvalue weighted by Gasteiger charge is -2.24. The molecule has 1 aromatic rings. The van der Waals surface area contributed by atoms with Gasteiger partial charge in [0.2, 0.25) is 5.91 Å². The molecule has 1 rings (SSSR count). The van der Waals surface area contributed by atoms with Crippen molar-refractivity contribution in [1.82, 2.24) is 5.32 Å². The van der Waals surface area contributed by atoms with E-state index in [4.69, 9.17) is 0 Å². The Hall–Kier alpha value is -0.870. The first-order valence-electron chi connectivity index (χ1n) is 7.05. The highest BCUT2D eigenvalue weighted by atomic mass is 32.1. The molecular weight excluding hydrogens is 258 g/mol. The second-order valence-corrected chi connectivity index (χ2v) is 6.19. The van der Waals surface area contributed by atoms with Gasteiger partial charge in [-0.05, 0) is 31.2 Å². The van der Waals surface area contributed by atoms with Gasteiger partial charge in [0.05, 0.1) is 6.54 Å². The topological polar surface area (TPSA) is 49.3 Å². The van der Waals surface area contributed by atoms with Crippen molar-refractivity contribution < 1.29 is 9.90 Å². The van der Waals surface area contributed by atoms with Crippen LogP contribution in [-0.2, 0) is 10.4 Å². The molecule has 0 spiro atoms. The van der Waals surface area contributed by atoms with Crippen molar-refractivity contribution in [2.45, 2.75) is 52.1 Å². The van der Waals surface area contributed by atoms with Gasteiger partial charge in [-0.15, -0.1) is 11.3 Å². The van der Waals surface area contributed by atoms with E-state index in [-0.39, 0.29) is 18.4 Å². The van der Waals surface area contributed by atoms with Gasteiger partial charge in [-0.25, -0.2) is 0 Å². The predicted molar refractivity (Wildman–Crippen MR) is 80.2 cm³/mol. The highest BCUT2D eigenvalue weighted by molar-refractivity contribution is 7.10. The van der Waals surface area contributed by atoms with Crippen molar-refractivity contribution >= 4 is 17.2 Å². The molecule has 0 aliphatic rings. The standard InChI is InChI=1S/C15H25NO2S/c1-4-7-12(8-5-2)14(17)16-11-15(3,18)13-9-6-10-19-13/h6,9-10,12,18H,4-5,7-8,11H2,1-3H3,(H,16,17). The summed E-state index contributed by atoms with van der Waals surface area (Å²) < 4.78 is 0. The van der Waals surface area contributed by atoms with Gasteiger partial charge in [0.15, 0.2) is 0 Å². The van der Waals surface area contributed by atoms with E-state index in [2.05, 4.69) is 19.2 Å². The second-order valence-electron chi connectivity index (χ2n) is 5.24. The lowest BCUT2D eigenvalue weighted by atomic mass is 9.96. The van der Waals surface area contributed by atoms with E-state index in [1.165, 1.54) is 11.3 Å². The summed E-state index contributed by atoms with van der Waals surface area (Å²) in [5.41, 5.74) is -0.979. The van der Waals surface area contributed by atoms with Gasteiger partial charge in [0, 0.05) is 10.8 Å². The number of carbonyl (C=O) groups excluding carboxylic acids is 1. The van der Waals surface area contributed by atoms with Crippen molar-refractivity contribution in [1.29, 1.82) is 0 Å². The number of amides is 1. The maximum absolute atomic E-state index is 12.1. The molecule has 0 radical (unpaired) electrons. The van der Waals surface area contributed by atoms with E-state index in [0.717, 1.165) is 30.6 Å². The van der Waals surface area contributed by atoms with Crippen LogP contribution in [0.4, 0.5) is 0 Å². The van der Waals surface area contributed by atoms with Crippen molar-refractivity contribution in [3.8, 4) is 0 Å². The van der Waals surface area contributed by atoms with Crippen molar-refractivity contribution in [3.63, 3.8) is 0 Å². The average Bonchev–Trinajstić information content (AvgIpc) is 2.90. The molecule has 3 nitrogen and oxygen atoms in total. The van der Waals surface area contributed by atoms with Gasteiger partial charge in [-0.1, -0.05) is 32.8 Å². The Bertz CT molecular complexity index is 368. The summed E-state index contributed by atoms with van der Waals surface area (Å²) in [6.07, 6.45) is 3.86. The first kappa shape index (κ1) is 16.2. The second kappa shape index (κ2) is 7.65. The number of hydrogen-bond donors (Lipinski definition) is 2. The molecule has 1 unspecified atom stereocenters. The van der Waals surface area contributed by atoms with Gasteiger partial charge in [-0.2, -0.15) is 0 Å². The molecule has 0 aliphatic carbocycles. The Morgan fingerprint density at radius 3 is 2.53 bits per heavy atom. The molecule has 19 heavy (non-hydrogen) atoms. The maximum atomic E-state index is 12.1. The predicted octanol–water partition coefficient (Wildman–Crippen LogP) is 3.29. The Balaban J connectivity index is 2.52. The Kier molecular flexibility index (Phi) is 6.52. The first-order chi connectivity index (χ1) is 9.01. The Morgan fingerprint density at radius 1 is 1.42 bits per heavy atom. The van der Waals surface area contributed by atoms with Crippen LogP contribution >= 0.6 is 11.3 Å². The molecule has 108 valence electrons. The molecule has 0 saturated carbocycles. The molecule has 0 saturated heterocycles. The quantitative estimate of drug-likeness (QED) is 0.769. The maximum Gasteiger partial charge on any atom is 0.223 e. The highest BCUT2D eigenvalue weighted by Gasteiger charge is 2.26. The highest BCUT2D eigenvalue weighted by Crippen LogP contribution is 2.24. The summed E-state index contributed by atoms with van der Waals surface area (Å²) in [5, 5.41) is 15.2. The minimum absolute atomic E-state index is 0.0699. The average molecular weight is 283 g/mol.